The number of nitrogens with zero attached hydrogens (tertiary/aromatic N) is 1. The Bertz CT molecular complexity index is 1200. The van der Waals surface area contributed by atoms with Gasteiger partial charge in [0.1, 0.15) is 23.1 Å². The number of methoxy groups -OCH3 is 1. The maximum atomic E-state index is 14.4. The minimum Gasteiger partial charge on any atom is -0.497 e. The molecule has 0 spiro atoms. The lowest BCUT2D eigenvalue weighted by molar-refractivity contribution is -0.120. The normalized spacial score (nSPS) is 13.7. The zero-order valence-corrected chi connectivity index (χ0v) is 16.8. The molecule has 0 bridgehead atoms. The SMILES string of the molecule is COc1ccc(NC2=C(c3ccc(C)cc3)C(=O)N(c3ccc(F)cc3F)C2=O)cc1. The van der Waals surface area contributed by atoms with Gasteiger partial charge in [-0.05, 0) is 48.9 Å². The van der Waals surface area contributed by atoms with E-state index in [1.54, 1.807) is 36.4 Å². The monoisotopic (exact) mass is 420 g/mol. The van der Waals surface area contributed by atoms with Gasteiger partial charge in [0, 0.05) is 11.8 Å². The number of anilines is 2. The van der Waals surface area contributed by atoms with E-state index in [0.717, 1.165) is 22.6 Å². The van der Waals surface area contributed by atoms with Crippen molar-refractivity contribution in [3.8, 4) is 5.75 Å². The fraction of sp³-hybridized carbons (Fsp3) is 0.0833. The van der Waals surface area contributed by atoms with Gasteiger partial charge in [-0.25, -0.2) is 13.7 Å². The quantitative estimate of drug-likeness (QED) is 0.609. The molecule has 2 amide bonds. The van der Waals surface area contributed by atoms with E-state index in [0.29, 0.717) is 23.1 Å². The van der Waals surface area contributed by atoms with Gasteiger partial charge < -0.3 is 10.1 Å². The Kier molecular flexibility index (Phi) is 5.25. The van der Waals surface area contributed by atoms with E-state index in [1.807, 2.05) is 19.1 Å². The summed E-state index contributed by atoms with van der Waals surface area (Å²) in [7, 11) is 1.54. The highest BCUT2D eigenvalue weighted by atomic mass is 19.1. The van der Waals surface area contributed by atoms with Crippen molar-refractivity contribution in [1.29, 1.82) is 0 Å². The van der Waals surface area contributed by atoms with E-state index >= 15 is 0 Å². The summed E-state index contributed by atoms with van der Waals surface area (Å²) in [5, 5.41) is 2.98. The van der Waals surface area contributed by atoms with Crippen molar-refractivity contribution < 1.29 is 23.1 Å². The average Bonchev–Trinajstić information content (AvgIpc) is 2.99. The standard InChI is InChI=1S/C24H18F2N2O3/c1-14-3-5-15(6-4-14)21-22(27-17-8-10-18(31-2)11-9-17)24(30)28(23(21)29)20-12-7-16(25)13-19(20)26/h3-13,27H,1-2H3. The van der Waals surface area contributed by atoms with E-state index in [4.69, 9.17) is 4.74 Å². The van der Waals surface area contributed by atoms with Crippen LogP contribution >= 0.6 is 0 Å². The molecule has 0 fully saturated rings. The first-order valence-electron chi connectivity index (χ1n) is 9.45. The average molecular weight is 420 g/mol. The second-order valence-electron chi connectivity index (χ2n) is 7.01. The smallest absolute Gasteiger partial charge is 0.282 e. The Morgan fingerprint density at radius 1 is 0.871 bits per heavy atom. The maximum Gasteiger partial charge on any atom is 0.282 e. The van der Waals surface area contributed by atoms with Crippen molar-refractivity contribution in [3.63, 3.8) is 0 Å². The van der Waals surface area contributed by atoms with Crippen molar-refractivity contribution in [3.05, 3.63) is 95.2 Å². The first-order valence-corrected chi connectivity index (χ1v) is 9.45. The summed E-state index contributed by atoms with van der Waals surface area (Å²) in [5.41, 5.74) is 1.82. The highest BCUT2D eigenvalue weighted by Crippen LogP contribution is 2.35. The molecular formula is C24H18F2N2O3. The number of ether oxygens (including phenoxy) is 1. The Hall–Kier alpha value is -4.00. The molecule has 0 aromatic heterocycles. The Balaban J connectivity index is 1.81. The predicted molar refractivity (Wildman–Crippen MR) is 114 cm³/mol. The van der Waals surface area contributed by atoms with Crippen LogP contribution in [0.5, 0.6) is 5.75 Å². The molecule has 3 aromatic carbocycles. The number of hydrogen-bond acceptors (Lipinski definition) is 4. The molecule has 0 aliphatic carbocycles. The summed E-state index contributed by atoms with van der Waals surface area (Å²) in [6.45, 7) is 1.90. The third-order valence-corrected chi connectivity index (χ3v) is 4.93. The summed E-state index contributed by atoms with van der Waals surface area (Å²) >= 11 is 0. The van der Waals surface area contributed by atoms with Gasteiger partial charge in [0.05, 0.1) is 18.4 Å². The zero-order valence-electron chi connectivity index (χ0n) is 16.8. The first-order chi connectivity index (χ1) is 14.9. The van der Waals surface area contributed by atoms with Crippen LogP contribution in [0.3, 0.4) is 0 Å². The molecule has 5 nitrogen and oxygen atoms in total. The zero-order chi connectivity index (χ0) is 22.1. The largest absolute Gasteiger partial charge is 0.497 e. The number of amides is 2. The number of benzene rings is 3. The van der Waals surface area contributed by atoms with E-state index in [2.05, 4.69) is 5.32 Å². The number of carbonyl (C=O) groups is 2. The molecule has 0 saturated heterocycles. The van der Waals surface area contributed by atoms with E-state index < -0.39 is 23.4 Å². The van der Waals surface area contributed by atoms with Gasteiger partial charge in [-0.2, -0.15) is 0 Å². The molecule has 7 heteroatoms. The number of aryl methyl sites for hydroxylation is 1. The van der Waals surface area contributed by atoms with Crippen LogP contribution in [0.2, 0.25) is 0 Å². The molecular weight excluding hydrogens is 402 g/mol. The molecule has 1 aliphatic rings. The number of halogens is 2. The topological polar surface area (TPSA) is 58.6 Å². The molecule has 4 rings (SSSR count). The molecule has 0 atom stereocenters. The van der Waals surface area contributed by atoms with Crippen LogP contribution in [0.4, 0.5) is 20.2 Å². The number of nitrogens with one attached hydrogen (secondary N) is 1. The van der Waals surface area contributed by atoms with Crippen molar-refractivity contribution in [2.75, 3.05) is 17.3 Å². The highest BCUT2D eigenvalue weighted by molar-refractivity contribution is 6.46. The fourth-order valence-corrected chi connectivity index (χ4v) is 3.33. The number of hydrogen-bond donors (Lipinski definition) is 1. The number of carbonyl (C=O) groups excluding carboxylic acids is 2. The third-order valence-electron chi connectivity index (χ3n) is 4.93. The molecule has 0 radical (unpaired) electrons. The summed E-state index contributed by atoms with van der Waals surface area (Å²) in [6.07, 6.45) is 0. The van der Waals surface area contributed by atoms with Gasteiger partial charge in [-0.1, -0.05) is 29.8 Å². The Labute approximate surface area is 177 Å². The van der Waals surface area contributed by atoms with E-state index in [1.165, 1.54) is 7.11 Å². The molecule has 1 aliphatic heterocycles. The van der Waals surface area contributed by atoms with Gasteiger partial charge in [-0.3, -0.25) is 9.59 Å². The second-order valence-corrected chi connectivity index (χ2v) is 7.01. The third kappa shape index (κ3) is 3.77. The molecule has 0 unspecified atom stereocenters. The Morgan fingerprint density at radius 2 is 1.55 bits per heavy atom. The van der Waals surface area contributed by atoms with E-state index in [9.17, 15) is 18.4 Å². The van der Waals surface area contributed by atoms with Crippen LogP contribution in [-0.2, 0) is 9.59 Å². The fourth-order valence-electron chi connectivity index (χ4n) is 3.33. The summed E-state index contributed by atoms with van der Waals surface area (Å²) in [6, 6.07) is 16.6. The summed E-state index contributed by atoms with van der Waals surface area (Å²) < 4.78 is 32.9. The minimum atomic E-state index is -1.00. The van der Waals surface area contributed by atoms with Gasteiger partial charge in [0.2, 0.25) is 0 Å². The summed E-state index contributed by atoms with van der Waals surface area (Å²) in [5.74, 6) is -2.61. The molecule has 31 heavy (non-hydrogen) atoms. The molecule has 1 heterocycles. The van der Waals surface area contributed by atoms with Crippen LogP contribution in [-0.4, -0.2) is 18.9 Å². The van der Waals surface area contributed by atoms with Crippen LogP contribution in [0, 0.1) is 18.6 Å². The van der Waals surface area contributed by atoms with Gasteiger partial charge in [0.25, 0.3) is 11.8 Å². The van der Waals surface area contributed by atoms with Crippen molar-refractivity contribution >= 4 is 28.8 Å². The first kappa shape index (κ1) is 20.3. The van der Waals surface area contributed by atoms with Crippen LogP contribution < -0.4 is 15.0 Å². The van der Waals surface area contributed by atoms with Crippen molar-refractivity contribution in [2.45, 2.75) is 6.92 Å². The predicted octanol–water partition coefficient (Wildman–Crippen LogP) is 4.68. The molecule has 1 N–H and O–H groups in total. The van der Waals surface area contributed by atoms with Gasteiger partial charge in [0.15, 0.2) is 0 Å². The Morgan fingerprint density at radius 3 is 2.16 bits per heavy atom. The number of imide groups is 1. The van der Waals surface area contributed by atoms with E-state index in [-0.39, 0.29) is 17.0 Å². The van der Waals surface area contributed by atoms with Gasteiger partial charge >= 0.3 is 0 Å². The molecule has 156 valence electrons. The van der Waals surface area contributed by atoms with Gasteiger partial charge in [-0.15, -0.1) is 0 Å². The van der Waals surface area contributed by atoms with Crippen LogP contribution in [0.1, 0.15) is 11.1 Å². The lowest BCUT2D eigenvalue weighted by Gasteiger charge is -2.16. The lowest BCUT2D eigenvalue weighted by Crippen LogP contribution is -2.33. The lowest BCUT2D eigenvalue weighted by atomic mass is 10.0. The van der Waals surface area contributed by atoms with Crippen molar-refractivity contribution in [1.82, 2.24) is 0 Å². The molecule has 0 saturated carbocycles. The summed E-state index contributed by atoms with van der Waals surface area (Å²) in [4.78, 5) is 27.2. The minimum absolute atomic E-state index is 0.00254. The van der Waals surface area contributed by atoms with Crippen LogP contribution in [0.25, 0.3) is 5.57 Å². The van der Waals surface area contributed by atoms with Crippen LogP contribution in [0.15, 0.2) is 72.4 Å². The highest BCUT2D eigenvalue weighted by Gasteiger charge is 2.41. The molecule has 3 aromatic rings. The number of rotatable bonds is 5. The second kappa shape index (κ2) is 8.02. The maximum absolute atomic E-state index is 14.4. The van der Waals surface area contributed by atoms with Crippen molar-refractivity contribution in [2.24, 2.45) is 0 Å².